The molecule has 2 atom stereocenters. The maximum absolute atomic E-state index is 11.7. The Morgan fingerprint density at radius 3 is 2.95 bits per heavy atom. The predicted octanol–water partition coefficient (Wildman–Crippen LogP) is 2.93. The van der Waals surface area contributed by atoms with E-state index in [1.54, 1.807) is 11.3 Å². The summed E-state index contributed by atoms with van der Waals surface area (Å²) in [4.78, 5) is 16.0. The second kappa shape index (κ2) is 7.22. The minimum atomic E-state index is -0.442. The number of carbonyl (C=O) groups excluding carboxylic acids is 1. The lowest BCUT2D eigenvalue weighted by Crippen LogP contribution is -2.40. The van der Waals surface area contributed by atoms with Crippen molar-refractivity contribution >= 4 is 17.4 Å². The van der Waals surface area contributed by atoms with Crippen molar-refractivity contribution in [1.29, 1.82) is 0 Å². The number of nitrogens with zero attached hydrogens (tertiary/aromatic N) is 1. The number of amides is 1. The second-order valence-corrected chi connectivity index (χ2v) is 7.47. The molecule has 0 aromatic carbocycles. The van der Waals surface area contributed by atoms with E-state index in [1.165, 1.54) is 6.42 Å². The smallest absolute Gasteiger partial charge is 0.407 e. The van der Waals surface area contributed by atoms with Crippen LogP contribution >= 0.6 is 11.3 Å². The summed E-state index contributed by atoms with van der Waals surface area (Å²) in [7, 11) is 0. The molecule has 1 aliphatic rings. The number of nitrogens with one attached hydrogen (secondary N) is 2. The summed E-state index contributed by atoms with van der Waals surface area (Å²) in [5, 5.41) is 9.56. The first-order chi connectivity index (χ1) is 9.94. The molecule has 5 nitrogen and oxygen atoms in total. The first-order valence-corrected chi connectivity index (χ1v) is 8.40. The third-order valence-corrected chi connectivity index (χ3v) is 4.35. The maximum atomic E-state index is 11.7. The third-order valence-electron chi connectivity index (χ3n) is 3.57. The van der Waals surface area contributed by atoms with Gasteiger partial charge in [0.25, 0.3) is 0 Å². The van der Waals surface area contributed by atoms with Crippen LogP contribution in [0.5, 0.6) is 0 Å². The van der Waals surface area contributed by atoms with Gasteiger partial charge >= 0.3 is 6.09 Å². The zero-order chi connectivity index (χ0) is 15.3. The van der Waals surface area contributed by atoms with Crippen LogP contribution < -0.4 is 10.6 Å². The van der Waals surface area contributed by atoms with Gasteiger partial charge in [0.05, 0.1) is 0 Å². The molecule has 0 saturated heterocycles. The summed E-state index contributed by atoms with van der Waals surface area (Å²) in [5.74, 6) is 0.470. The number of ether oxygens (including phenoxy) is 1. The molecule has 1 aromatic rings. The molecule has 2 N–H and O–H groups in total. The number of carbonyl (C=O) groups is 1. The molecule has 1 fully saturated rings. The quantitative estimate of drug-likeness (QED) is 0.877. The van der Waals surface area contributed by atoms with Gasteiger partial charge in [0.15, 0.2) is 0 Å². The van der Waals surface area contributed by atoms with E-state index in [1.807, 2.05) is 32.3 Å². The molecule has 0 radical (unpaired) electrons. The van der Waals surface area contributed by atoms with Crippen molar-refractivity contribution in [3.63, 3.8) is 0 Å². The van der Waals surface area contributed by atoms with Crippen LogP contribution in [-0.4, -0.2) is 29.3 Å². The highest BCUT2D eigenvalue weighted by molar-refractivity contribution is 7.09. The van der Waals surface area contributed by atoms with Crippen molar-refractivity contribution in [2.24, 2.45) is 5.92 Å². The number of aromatic nitrogens is 1. The molecule has 0 aliphatic heterocycles. The monoisotopic (exact) mass is 311 g/mol. The van der Waals surface area contributed by atoms with E-state index in [-0.39, 0.29) is 6.09 Å². The normalized spacial score (nSPS) is 22.2. The average Bonchev–Trinajstić information content (AvgIpc) is 3.03. The zero-order valence-corrected chi connectivity index (χ0v) is 13.8. The summed E-state index contributed by atoms with van der Waals surface area (Å²) < 4.78 is 5.27. The number of hydrogen-bond acceptors (Lipinski definition) is 5. The molecular formula is C15H25N3O2S. The van der Waals surface area contributed by atoms with Crippen LogP contribution in [0.4, 0.5) is 4.79 Å². The van der Waals surface area contributed by atoms with E-state index in [2.05, 4.69) is 15.6 Å². The Labute approximate surface area is 130 Å². The molecule has 0 spiro atoms. The molecule has 1 saturated carbocycles. The van der Waals surface area contributed by atoms with Crippen LogP contribution in [0.2, 0.25) is 0 Å². The van der Waals surface area contributed by atoms with Crippen LogP contribution in [-0.2, 0) is 11.3 Å². The van der Waals surface area contributed by atoms with Crippen molar-refractivity contribution in [2.45, 2.75) is 58.2 Å². The van der Waals surface area contributed by atoms with E-state index in [0.717, 1.165) is 24.4 Å². The molecular weight excluding hydrogens is 286 g/mol. The fourth-order valence-corrected chi connectivity index (χ4v) is 3.20. The van der Waals surface area contributed by atoms with E-state index in [4.69, 9.17) is 4.74 Å². The van der Waals surface area contributed by atoms with Crippen molar-refractivity contribution in [1.82, 2.24) is 15.6 Å². The highest BCUT2D eigenvalue weighted by Gasteiger charge is 2.28. The molecule has 0 bridgehead atoms. The van der Waals surface area contributed by atoms with Gasteiger partial charge in [-0.25, -0.2) is 9.78 Å². The number of alkyl carbamates (subject to hydrolysis) is 1. The number of hydrogen-bond donors (Lipinski definition) is 2. The van der Waals surface area contributed by atoms with Gasteiger partial charge in [-0.05, 0) is 39.5 Å². The van der Waals surface area contributed by atoms with Crippen LogP contribution in [0.3, 0.4) is 0 Å². The Morgan fingerprint density at radius 2 is 2.29 bits per heavy atom. The molecule has 1 aromatic heterocycles. The standard InChI is InChI=1S/C15H25N3O2S/c1-15(2,3)20-14(19)18-9-11-5-4-6-12(11)17-10-13-16-7-8-21-13/h7-8,11-12,17H,4-6,9-10H2,1-3H3,(H,18,19). The second-order valence-electron chi connectivity index (χ2n) is 6.49. The van der Waals surface area contributed by atoms with Gasteiger partial charge in [-0.1, -0.05) is 6.42 Å². The molecule has 21 heavy (non-hydrogen) atoms. The van der Waals surface area contributed by atoms with Crippen molar-refractivity contribution in [2.75, 3.05) is 6.54 Å². The largest absolute Gasteiger partial charge is 0.444 e. The van der Waals surface area contributed by atoms with Gasteiger partial charge in [-0.3, -0.25) is 0 Å². The summed E-state index contributed by atoms with van der Waals surface area (Å²) in [5.41, 5.74) is -0.442. The van der Waals surface area contributed by atoms with Crippen LogP contribution in [0.25, 0.3) is 0 Å². The minimum Gasteiger partial charge on any atom is -0.444 e. The first-order valence-electron chi connectivity index (χ1n) is 7.52. The minimum absolute atomic E-state index is 0.326. The van der Waals surface area contributed by atoms with E-state index < -0.39 is 5.60 Å². The van der Waals surface area contributed by atoms with E-state index >= 15 is 0 Å². The third kappa shape index (κ3) is 5.63. The summed E-state index contributed by atoms with van der Waals surface area (Å²) in [6.07, 6.45) is 5.01. The summed E-state index contributed by atoms with van der Waals surface area (Å²) in [6, 6.07) is 0.448. The molecule has 6 heteroatoms. The van der Waals surface area contributed by atoms with Crippen LogP contribution in [0.15, 0.2) is 11.6 Å². The SMILES string of the molecule is CC(C)(C)OC(=O)NCC1CCCC1NCc1nccs1. The Bertz CT molecular complexity index is 442. The van der Waals surface area contributed by atoms with Gasteiger partial charge in [-0.2, -0.15) is 0 Å². The lowest BCUT2D eigenvalue weighted by Gasteiger charge is -2.23. The fraction of sp³-hybridized carbons (Fsp3) is 0.733. The first kappa shape index (κ1) is 16.2. The molecule has 2 unspecified atom stereocenters. The molecule has 1 aliphatic carbocycles. The predicted molar refractivity (Wildman–Crippen MR) is 84.3 cm³/mol. The fourth-order valence-electron chi connectivity index (χ4n) is 2.64. The Hall–Kier alpha value is -1.14. The topological polar surface area (TPSA) is 63.2 Å². The van der Waals surface area contributed by atoms with Gasteiger partial charge in [0.2, 0.25) is 0 Å². The maximum Gasteiger partial charge on any atom is 0.407 e. The highest BCUT2D eigenvalue weighted by Crippen LogP contribution is 2.25. The Morgan fingerprint density at radius 1 is 1.48 bits per heavy atom. The van der Waals surface area contributed by atoms with Gasteiger partial charge in [-0.15, -0.1) is 11.3 Å². The van der Waals surface area contributed by atoms with Crippen molar-refractivity contribution in [3.05, 3.63) is 16.6 Å². The molecule has 2 rings (SSSR count). The summed E-state index contributed by atoms with van der Waals surface area (Å²) in [6.45, 7) is 7.11. The van der Waals surface area contributed by atoms with E-state index in [9.17, 15) is 4.79 Å². The zero-order valence-electron chi connectivity index (χ0n) is 13.0. The Balaban J connectivity index is 1.73. The molecule has 1 amide bonds. The Kier molecular flexibility index (Phi) is 5.58. The highest BCUT2D eigenvalue weighted by atomic mass is 32.1. The van der Waals surface area contributed by atoms with E-state index in [0.29, 0.717) is 18.5 Å². The summed E-state index contributed by atoms with van der Waals surface area (Å²) >= 11 is 1.67. The molecule has 118 valence electrons. The number of thiazole rings is 1. The van der Waals surface area contributed by atoms with Crippen LogP contribution in [0, 0.1) is 5.92 Å². The molecule has 1 heterocycles. The van der Waals surface area contributed by atoms with Crippen molar-refractivity contribution in [3.8, 4) is 0 Å². The average molecular weight is 311 g/mol. The van der Waals surface area contributed by atoms with Gasteiger partial charge in [0, 0.05) is 30.7 Å². The lowest BCUT2D eigenvalue weighted by molar-refractivity contribution is 0.0517. The van der Waals surface area contributed by atoms with Gasteiger partial charge < -0.3 is 15.4 Å². The van der Waals surface area contributed by atoms with Crippen molar-refractivity contribution < 1.29 is 9.53 Å². The lowest BCUT2D eigenvalue weighted by atomic mass is 10.0. The number of rotatable bonds is 5. The van der Waals surface area contributed by atoms with Crippen LogP contribution in [0.1, 0.15) is 45.0 Å². The van der Waals surface area contributed by atoms with Gasteiger partial charge in [0.1, 0.15) is 10.6 Å².